The normalized spacial score (nSPS) is 11.8. The average molecular weight is 422 g/mol. The molecule has 0 aliphatic heterocycles. The molecule has 0 unspecified atom stereocenters. The third kappa shape index (κ3) is 6.09. The number of benzene rings is 2. The van der Waals surface area contributed by atoms with Crippen molar-refractivity contribution in [3.63, 3.8) is 0 Å². The van der Waals surface area contributed by atoms with E-state index >= 15 is 0 Å². The standard InChI is InChI=1S/C21H28FN3O3S/c1-5-25(6-2)29(27,28)20-13-19(12-7-16(20)3)23-21(26)15-24(4)14-17-8-10-18(22)11-9-17/h7-13H,5-6,14-15H2,1-4H3,(H,23,26). The van der Waals surface area contributed by atoms with E-state index < -0.39 is 10.0 Å². The molecule has 2 rings (SSSR count). The molecule has 1 amide bonds. The molecule has 0 atom stereocenters. The van der Waals surface area contributed by atoms with Crippen LogP contribution in [0.15, 0.2) is 47.4 Å². The van der Waals surface area contributed by atoms with Crippen molar-refractivity contribution in [2.24, 2.45) is 0 Å². The van der Waals surface area contributed by atoms with Gasteiger partial charge in [-0.05, 0) is 49.4 Å². The molecule has 0 saturated heterocycles. The summed E-state index contributed by atoms with van der Waals surface area (Å²) in [7, 11) is -1.83. The van der Waals surface area contributed by atoms with E-state index in [4.69, 9.17) is 0 Å². The van der Waals surface area contributed by atoms with Crippen LogP contribution in [0.2, 0.25) is 0 Å². The molecule has 0 heterocycles. The number of nitrogens with zero attached hydrogens (tertiary/aromatic N) is 2. The third-order valence-electron chi connectivity index (χ3n) is 4.57. The van der Waals surface area contributed by atoms with E-state index in [0.717, 1.165) is 5.56 Å². The second kappa shape index (κ2) is 9.96. The number of nitrogens with one attached hydrogen (secondary N) is 1. The summed E-state index contributed by atoms with van der Waals surface area (Å²) in [6.45, 7) is 6.68. The van der Waals surface area contributed by atoms with Crippen LogP contribution in [0.25, 0.3) is 0 Å². The molecule has 6 nitrogen and oxygen atoms in total. The topological polar surface area (TPSA) is 69.7 Å². The summed E-state index contributed by atoms with van der Waals surface area (Å²) < 4.78 is 40.1. The number of sulfonamides is 1. The number of likely N-dealkylation sites (N-methyl/N-ethyl adjacent to an activating group) is 1. The third-order valence-corrected chi connectivity index (χ3v) is 6.77. The van der Waals surface area contributed by atoms with Crippen LogP contribution in [0.5, 0.6) is 0 Å². The summed E-state index contributed by atoms with van der Waals surface area (Å²) >= 11 is 0. The van der Waals surface area contributed by atoms with Gasteiger partial charge >= 0.3 is 0 Å². The van der Waals surface area contributed by atoms with E-state index in [-0.39, 0.29) is 23.2 Å². The summed E-state index contributed by atoms with van der Waals surface area (Å²) in [4.78, 5) is 14.4. The molecule has 29 heavy (non-hydrogen) atoms. The molecule has 0 fully saturated rings. The number of carbonyl (C=O) groups is 1. The van der Waals surface area contributed by atoms with Crippen LogP contribution < -0.4 is 5.32 Å². The van der Waals surface area contributed by atoms with Crippen molar-refractivity contribution < 1.29 is 17.6 Å². The van der Waals surface area contributed by atoms with Gasteiger partial charge in [-0.1, -0.05) is 32.0 Å². The van der Waals surface area contributed by atoms with Gasteiger partial charge in [0, 0.05) is 25.3 Å². The molecule has 0 aliphatic rings. The van der Waals surface area contributed by atoms with Gasteiger partial charge in [-0.3, -0.25) is 9.69 Å². The molecule has 0 aliphatic carbocycles. The van der Waals surface area contributed by atoms with Gasteiger partial charge in [0.1, 0.15) is 5.82 Å². The Morgan fingerprint density at radius 1 is 1.07 bits per heavy atom. The molecule has 1 N–H and O–H groups in total. The summed E-state index contributed by atoms with van der Waals surface area (Å²) in [5.41, 5.74) is 1.95. The van der Waals surface area contributed by atoms with Crippen LogP contribution in [0.4, 0.5) is 10.1 Å². The van der Waals surface area contributed by atoms with E-state index in [1.807, 2.05) is 0 Å². The number of amides is 1. The summed E-state index contributed by atoms with van der Waals surface area (Å²) in [6.07, 6.45) is 0. The van der Waals surface area contributed by atoms with Crippen LogP contribution in [0, 0.1) is 12.7 Å². The van der Waals surface area contributed by atoms with Crippen molar-refractivity contribution in [1.82, 2.24) is 9.21 Å². The Labute approximate surface area is 172 Å². The maximum Gasteiger partial charge on any atom is 0.243 e. The van der Waals surface area contributed by atoms with E-state index in [1.54, 1.807) is 57.0 Å². The highest BCUT2D eigenvalue weighted by Gasteiger charge is 2.24. The Hall–Kier alpha value is -2.29. The molecule has 0 saturated carbocycles. The average Bonchev–Trinajstić information content (AvgIpc) is 2.65. The number of rotatable bonds is 9. The molecule has 0 radical (unpaired) electrons. The van der Waals surface area contributed by atoms with Gasteiger partial charge in [0.2, 0.25) is 15.9 Å². The Morgan fingerprint density at radius 2 is 1.69 bits per heavy atom. The highest BCUT2D eigenvalue weighted by molar-refractivity contribution is 7.89. The van der Waals surface area contributed by atoms with E-state index in [2.05, 4.69) is 5.32 Å². The van der Waals surface area contributed by atoms with Gasteiger partial charge in [0.05, 0.1) is 11.4 Å². The lowest BCUT2D eigenvalue weighted by atomic mass is 10.2. The van der Waals surface area contributed by atoms with Gasteiger partial charge in [-0.2, -0.15) is 4.31 Å². The smallest absolute Gasteiger partial charge is 0.243 e. The van der Waals surface area contributed by atoms with Crippen LogP contribution in [0.3, 0.4) is 0 Å². The summed E-state index contributed by atoms with van der Waals surface area (Å²) in [5, 5.41) is 2.76. The Bertz CT molecular complexity index is 942. The largest absolute Gasteiger partial charge is 0.325 e. The fraction of sp³-hybridized carbons (Fsp3) is 0.381. The first-order valence-corrected chi connectivity index (χ1v) is 10.9. The molecule has 2 aromatic carbocycles. The van der Waals surface area contributed by atoms with Crippen molar-refractivity contribution >= 4 is 21.6 Å². The molecule has 8 heteroatoms. The van der Waals surface area contributed by atoms with E-state index in [0.29, 0.717) is 30.9 Å². The van der Waals surface area contributed by atoms with Gasteiger partial charge in [-0.25, -0.2) is 12.8 Å². The lowest BCUT2D eigenvalue weighted by Gasteiger charge is -2.21. The number of carbonyl (C=O) groups excluding carboxylic acids is 1. The van der Waals surface area contributed by atoms with Gasteiger partial charge < -0.3 is 5.32 Å². The van der Waals surface area contributed by atoms with Crippen molar-refractivity contribution in [1.29, 1.82) is 0 Å². The second-order valence-corrected chi connectivity index (χ2v) is 8.82. The zero-order valence-corrected chi connectivity index (χ0v) is 18.1. The molecule has 0 aromatic heterocycles. The SMILES string of the molecule is CCN(CC)S(=O)(=O)c1cc(NC(=O)CN(C)Cc2ccc(F)cc2)ccc1C. The highest BCUT2D eigenvalue weighted by Crippen LogP contribution is 2.23. The van der Waals surface area contributed by atoms with Crippen LogP contribution in [-0.4, -0.2) is 50.2 Å². The molecule has 0 bridgehead atoms. The van der Waals surface area contributed by atoms with Gasteiger partial charge in [0.15, 0.2) is 0 Å². The number of halogens is 1. The first kappa shape index (κ1) is 23.0. The lowest BCUT2D eigenvalue weighted by molar-refractivity contribution is -0.117. The first-order valence-electron chi connectivity index (χ1n) is 9.51. The number of anilines is 1. The maximum absolute atomic E-state index is 13.0. The predicted molar refractivity (Wildman–Crippen MR) is 113 cm³/mol. The molecule has 2 aromatic rings. The Morgan fingerprint density at radius 3 is 2.28 bits per heavy atom. The lowest BCUT2D eigenvalue weighted by Crippen LogP contribution is -2.31. The highest BCUT2D eigenvalue weighted by atomic mass is 32.2. The second-order valence-electron chi connectivity index (χ2n) is 6.92. The predicted octanol–water partition coefficient (Wildman–Crippen LogP) is 3.24. The van der Waals surface area contributed by atoms with Gasteiger partial charge in [0.25, 0.3) is 0 Å². The minimum Gasteiger partial charge on any atom is -0.325 e. The van der Waals surface area contributed by atoms with Crippen molar-refractivity contribution in [2.75, 3.05) is 32.0 Å². The Balaban J connectivity index is 2.07. The number of hydrogen-bond acceptors (Lipinski definition) is 4. The number of aryl methyl sites for hydroxylation is 1. The van der Waals surface area contributed by atoms with Crippen LogP contribution in [0.1, 0.15) is 25.0 Å². The minimum atomic E-state index is -3.62. The quantitative estimate of drug-likeness (QED) is 0.675. The van der Waals surface area contributed by atoms with Gasteiger partial charge in [-0.15, -0.1) is 0 Å². The fourth-order valence-corrected chi connectivity index (χ4v) is 4.77. The van der Waals surface area contributed by atoms with E-state index in [9.17, 15) is 17.6 Å². The summed E-state index contributed by atoms with van der Waals surface area (Å²) in [6, 6.07) is 11.0. The van der Waals surface area contributed by atoms with E-state index in [1.165, 1.54) is 22.5 Å². The molecular weight excluding hydrogens is 393 g/mol. The zero-order valence-electron chi connectivity index (χ0n) is 17.3. The summed E-state index contributed by atoms with van der Waals surface area (Å²) in [5.74, 6) is -0.561. The monoisotopic (exact) mass is 421 g/mol. The maximum atomic E-state index is 13.0. The minimum absolute atomic E-state index is 0.114. The van der Waals surface area contributed by atoms with Crippen LogP contribution in [-0.2, 0) is 21.4 Å². The molecular formula is C21H28FN3O3S. The van der Waals surface area contributed by atoms with Crippen molar-refractivity contribution in [3.8, 4) is 0 Å². The van der Waals surface area contributed by atoms with Crippen LogP contribution >= 0.6 is 0 Å². The first-order chi connectivity index (χ1) is 13.7. The van der Waals surface area contributed by atoms with Crippen molar-refractivity contribution in [3.05, 3.63) is 59.4 Å². The van der Waals surface area contributed by atoms with Crippen molar-refractivity contribution in [2.45, 2.75) is 32.2 Å². The molecule has 0 spiro atoms. The fourth-order valence-electron chi connectivity index (χ4n) is 3.06. The molecule has 158 valence electrons. The zero-order chi connectivity index (χ0) is 21.6. The Kier molecular flexibility index (Phi) is 7.89. The number of hydrogen-bond donors (Lipinski definition) is 1.